The number of nitrogens with zero attached hydrogens (tertiary/aromatic N) is 3. The molecule has 102 valence electrons. The van der Waals surface area contributed by atoms with Crippen molar-refractivity contribution in [3.8, 4) is 0 Å². The van der Waals surface area contributed by atoms with Gasteiger partial charge in [0.25, 0.3) is 0 Å². The predicted octanol–water partition coefficient (Wildman–Crippen LogP) is 1.62. The highest BCUT2D eigenvalue weighted by molar-refractivity contribution is 4.91. The van der Waals surface area contributed by atoms with E-state index in [1.165, 1.54) is 12.8 Å². The second-order valence-corrected chi connectivity index (χ2v) is 5.48. The number of hydrogen-bond acceptors (Lipinski definition) is 5. The Kier molecular flexibility index (Phi) is 4.72. The van der Waals surface area contributed by atoms with Crippen molar-refractivity contribution in [3.63, 3.8) is 0 Å². The van der Waals surface area contributed by atoms with E-state index in [2.05, 4.69) is 34.2 Å². The van der Waals surface area contributed by atoms with Crippen molar-refractivity contribution < 1.29 is 4.52 Å². The summed E-state index contributed by atoms with van der Waals surface area (Å²) < 4.78 is 5.23. The van der Waals surface area contributed by atoms with Crippen LogP contribution in [-0.2, 0) is 6.54 Å². The Balaban J connectivity index is 1.80. The number of likely N-dealkylation sites (tertiary alicyclic amines) is 1. The molecule has 1 aliphatic heterocycles. The van der Waals surface area contributed by atoms with E-state index in [-0.39, 0.29) is 0 Å². The van der Waals surface area contributed by atoms with Gasteiger partial charge in [-0.1, -0.05) is 19.0 Å². The van der Waals surface area contributed by atoms with Crippen LogP contribution in [0.25, 0.3) is 0 Å². The van der Waals surface area contributed by atoms with Gasteiger partial charge in [0.1, 0.15) is 0 Å². The van der Waals surface area contributed by atoms with Crippen LogP contribution >= 0.6 is 0 Å². The van der Waals surface area contributed by atoms with Crippen molar-refractivity contribution in [2.75, 3.05) is 26.7 Å². The summed E-state index contributed by atoms with van der Waals surface area (Å²) in [5, 5.41) is 7.31. The van der Waals surface area contributed by atoms with Crippen molar-refractivity contribution in [1.82, 2.24) is 20.4 Å². The van der Waals surface area contributed by atoms with Crippen LogP contribution in [0.15, 0.2) is 4.52 Å². The first-order valence-electron chi connectivity index (χ1n) is 6.88. The minimum Gasteiger partial charge on any atom is -0.339 e. The van der Waals surface area contributed by atoms with Gasteiger partial charge in [0, 0.05) is 5.92 Å². The van der Waals surface area contributed by atoms with Crippen molar-refractivity contribution in [3.05, 3.63) is 11.7 Å². The van der Waals surface area contributed by atoms with Crippen molar-refractivity contribution in [2.24, 2.45) is 5.92 Å². The average molecular weight is 252 g/mol. The largest absolute Gasteiger partial charge is 0.339 e. The van der Waals surface area contributed by atoms with Gasteiger partial charge in [-0.25, -0.2) is 0 Å². The topological polar surface area (TPSA) is 54.2 Å². The van der Waals surface area contributed by atoms with Gasteiger partial charge in [-0.2, -0.15) is 4.98 Å². The molecule has 0 amide bonds. The summed E-state index contributed by atoms with van der Waals surface area (Å²) in [6.45, 7) is 8.37. The van der Waals surface area contributed by atoms with Gasteiger partial charge >= 0.3 is 0 Å². The summed E-state index contributed by atoms with van der Waals surface area (Å²) in [7, 11) is 2.03. The molecular weight excluding hydrogens is 228 g/mol. The lowest BCUT2D eigenvalue weighted by Gasteiger charge is -2.30. The second kappa shape index (κ2) is 6.29. The van der Waals surface area contributed by atoms with Crippen LogP contribution in [-0.4, -0.2) is 41.7 Å². The van der Waals surface area contributed by atoms with Crippen LogP contribution < -0.4 is 5.32 Å². The molecule has 18 heavy (non-hydrogen) atoms. The van der Waals surface area contributed by atoms with Crippen LogP contribution in [0.3, 0.4) is 0 Å². The fourth-order valence-corrected chi connectivity index (χ4v) is 2.40. The van der Waals surface area contributed by atoms with Gasteiger partial charge in [-0.15, -0.1) is 0 Å². The molecule has 0 aliphatic carbocycles. The third kappa shape index (κ3) is 3.53. The van der Waals surface area contributed by atoms with Crippen LogP contribution in [0, 0.1) is 5.92 Å². The van der Waals surface area contributed by atoms with Gasteiger partial charge in [0.05, 0.1) is 6.54 Å². The van der Waals surface area contributed by atoms with Crippen molar-refractivity contribution in [2.45, 2.75) is 39.2 Å². The van der Waals surface area contributed by atoms with Gasteiger partial charge in [0.15, 0.2) is 5.82 Å². The zero-order valence-electron chi connectivity index (χ0n) is 11.6. The molecule has 1 N–H and O–H groups in total. The zero-order chi connectivity index (χ0) is 13.0. The first kappa shape index (κ1) is 13.5. The molecule has 0 atom stereocenters. The Morgan fingerprint density at radius 1 is 1.39 bits per heavy atom. The highest BCUT2D eigenvalue weighted by Crippen LogP contribution is 2.18. The average Bonchev–Trinajstić information content (AvgIpc) is 2.81. The Bertz CT molecular complexity index is 356. The van der Waals surface area contributed by atoms with Gasteiger partial charge < -0.3 is 9.84 Å². The summed E-state index contributed by atoms with van der Waals surface area (Å²) in [4.78, 5) is 6.85. The zero-order valence-corrected chi connectivity index (χ0v) is 11.6. The van der Waals surface area contributed by atoms with E-state index in [1.807, 2.05) is 7.05 Å². The molecule has 1 aromatic heterocycles. The molecule has 0 saturated carbocycles. The summed E-state index contributed by atoms with van der Waals surface area (Å²) in [5.41, 5.74) is 0. The first-order valence-corrected chi connectivity index (χ1v) is 6.88. The summed E-state index contributed by atoms with van der Waals surface area (Å²) in [5.74, 6) is 2.70. The van der Waals surface area contributed by atoms with Crippen molar-refractivity contribution in [1.29, 1.82) is 0 Å². The van der Waals surface area contributed by atoms with E-state index >= 15 is 0 Å². The molecule has 0 unspecified atom stereocenters. The van der Waals surface area contributed by atoms with Crippen LogP contribution in [0.4, 0.5) is 0 Å². The SMILES string of the molecule is CNCC1CCN(Cc2noc(C(C)C)n2)CC1. The lowest BCUT2D eigenvalue weighted by molar-refractivity contribution is 0.171. The third-order valence-electron chi connectivity index (χ3n) is 3.54. The van der Waals surface area contributed by atoms with E-state index in [9.17, 15) is 0 Å². The van der Waals surface area contributed by atoms with Crippen molar-refractivity contribution >= 4 is 0 Å². The van der Waals surface area contributed by atoms with Gasteiger partial charge in [-0.3, -0.25) is 4.90 Å². The number of hydrogen-bond donors (Lipinski definition) is 1. The number of piperidine rings is 1. The number of aromatic nitrogens is 2. The molecule has 1 aromatic rings. The lowest BCUT2D eigenvalue weighted by atomic mass is 9.97. The van der Waals surface area contributed by atoms with E-state index in [4.69, 9.17) is 4.52 Å². The van der Waals surface area contributed by atoms with E-state index in [0.717, 1.165) is 43.8 Å². The fourth-order valence-electron chi connectivity index (χ4n) is 2.40. The minimum absolute atomic E-state index is 0.313. The molecule has 0 aromatic carbocycles. The standard InChI is InChI=1S/C13H24N4O/c1-10(2)13-15-12(16-18-13)9-17-6-4-11(5-7-17)8-14-3/h10-11,14H,4-9H2,1-3H3. The molecule has 1 saturated heterocycles. The quantitative estimate of drug-likeness (QED) is 0.863. The maximum absolute atomic E-state index is 5.23. The Morgan fingerprint density at radius 2 is 2.11 bits per heavy atom. The number of rotatable bonds is 5. The summed E-state index contributed by atoms with van der Waals surface area (Å²) in [6.07, 6.45) is 2.52. The van der Waals surface area contributed by atoms with Crippen LogP contribution in [0.5, 0.6) is 0 Å². The fraction of sp³-hybridized carbons (Fsp3) is 0.846. The molecule has 2 rings (SSSR count). The Hall–Kier alpha value is -0.940. The van der Waals surface area contributed by atoms with E-state index in [1.54, 1.807) is 0 Å². The van der Waals surface area contributed by atoms with Crippen LogP contribution in [0.1, 0.15) is 44.3 Å². The molecular formula is C13H24N4O. The monoisotopic (exact) mass is 252 g/mol. The molecule has 0 bridgehead atoms. The van der Waals surface area contributed by atoms with Gasteiger partial charge in [-0.05, 0) is 45.4 Å². The highest BCUT2D eigenvalue weighted by atomic mass is 16.5. The molecule has 0 spiro atoms. The van der Waals surface area contributed by atoms with Gasteiger partial charge in [0.2, 0.25) is 5.89 Å². The molecule has 0 radical (unpaired) electrons. The molecule has 5 heteroatoms. The van der Waals surface area contributed by atoms with Crippen LogP contribution in [0.2, 0.25) is 0 Å². The maximum Gasteiger partial charge on any atom is 0.229 e. The Morgan fingerprint density at radius 3 is 2.67 bits per heavy atom. The summed E-state index contributed by atoms with van der Waals surface area (Å²) >= 11 is 0. The maximum atomic E-state index is 5.23. The molecule has 1 aliphatic rings. The molecule has 1 fully saturated rings. The Labute approximate surface area is 109 Å². The third-order valence-corrected chi connectivity index (χ3v) is 3.54. The predicted molar refractivity (Wildman–Crippen MR) is 70.3 cm³/mol. The molecule has 5 nitrogen and oxygen atoms in total. The van der Waals surface area contributed by atoms with E-state index in [0.29, 0.717) is 5.92 Å². The summed E-state index contributed by atoms with van der Waals surface area (Å²) in [6, 6.07) is 0. The minimum atomic E-state index is 0.313. The highest BCUT2D eigenvalue weighted by Gasteiger charge is 2.20. The lowest BCUT2D eigenvalue weighted by Crippen LogP contribution is -2.36. The second-order valence-electron chi connectivity index (χ2n) is 5.48. The normalized spacial score (nSPS) is 18.7. The molecule has 2 heterocycles. The number of nitrogens with one attached hydrogen (secondary N) is 1. The van der Waals surface area contributed by atoms with E-state index < -0.39 is 0 Å². The smallest absolute Gasteiger partial charge is 0.229 e. The first-order chi connectivity index (χ1) is 8.69.